The van der Waals surface area contributed by atoms with Gasteiger partial charge in [0.15, 0.2) is 0 Å². The predicted octanol–water partition coefficient (Wildman–Crippen LogP) is 4.14. The number of benzene rings is 1. The Morgan fingerprint density at radius 3 is 2.62 bits per heavy atom. The highest BCUT2D eigenvalue weighted by atomic mass is 32.2. The molecule has 0 unspecified atom stereocenters. The molecule has 0 radical (unpaired) electrons. The molecule has 1 aliphatic heterocycles. The average Bonchev–Trinajstić information content (AvgIpc) is 3.54. The lowest BCUT2D eigenvalue weighted by Gasteiger charge is -2.36. The van der Waals surface area contributed by atoms with Crippen LogP contribution in [-0.2, 0) is 19.6 Å². The number of likely N-dealkylation sites (N-methyl/N-ethyl adjacent to an activating group) is 1. The zero-order valence-electron chi connectivity index (χ0n) is 27.4. The number of rotatable bonds is 11. The first-order valence-electron chi connectivity index (χ1n) is 15.6. The van der Waals surface area contributed by atoms with E-state index in [0.717, 1.165) is 43.6 Å². The second-order valence-electron chi connectivity index (χ2n) is 12.2. The van der Waals surface area contributed by atoms with E-state index in [2.05, 4.69) is 9.62 Å². The Hall–Kier alpha value is -2.71. The molecule has 252 valence electrons. The number of nitrogens with zero attached hydrogens (tertiary/aromatic N) is 3. The number of fused-ring (bicyclic) bond motifs is 1. The summed E-state index contributed by atoms with van der Waals surface area (Å²) in [6.07, 6.45) is 3.03. The van der Waals surface area contributed by atoms with Gasteiger partial charge >= 0.3 is 0 Å². The van der Waals surface area contributed by atoms with E-state index in [-0.39, 0.29) is 52.6 Å². The van der Waals surface area contributed by atoms with E-state index in [1.807, 2.05) is 27.9 Å². The maximum Gasteiger partial charge on any atom is 0.271 e. The highest BCUT2D eigenvalue weighted by Gasteiger charge is 2.31. The zero-order chi connectivity index (χ0) is 33.1. The molecular weight excluding hydrogens is 617 g/mol. The van der Waals surface area contributed by atoms with E-state index in [0.29, 0.717) is 25.3 Å². The molecule has 2 N–H and O–H groups in total. The molecule has 1 aliphatic rings. The van der Waals surface area contributed by atoms with Gasteiger partial charge in [-0.2, -0.15) is 0 Å². The van der Waals surface area contributed by atoms with Crippen molar-refractivity contribution >= 4 is 38.9 Å². The Morgan fingerprint density at radius 1 is 1.20 bits per heavy atom. The van der Waals surface area contributed by atoms with Crippen molar-refractivity contribution in [3.8, 4) is 5.75 Å². The Kier molecular flexibility index (Phi) is 14.1. The van der Waals surface area contributed by atoms with E-state index in [1.54, 1.807) is 47.4 Å². The van der Waals surface area contributed by atoms with Gasteiger partial charge in [-0.05, 0) is 89.8 Å². The lowest BCUT2D eigenvalue weighted by molar-refractivity contribution is -0.132. The number of hydrogen-bond acceptors (Lipinski definition) is 9. The number of hydrogen-bond donors (Lipinski definition) is 2. The molecule has 3 rings (SSSR count). The summed E-state index contributed by atoms with van der Waals surface area (Å²) in [5, 5.41) is 11.8. The molecule has 0 bridgehead atoms. The standard InChI is InChI=1S/C32H50N4O7S2/c1-23-20-36(24(2)22-37)32(39)27-19-26(33-45(40,41)31-13-10-18-44-31)14-15-28(27)43-25(3)11-7-8-17-42-29(23)21-35(6)30(38)12-9-16-34(4)5/h10,13-15,18-19,23-25,29,33,37H,7-9,11-12,16-17,20-22H2,1-6H3/t23-,24+,25+,29+/m0/s1. The van der Waals surface area contributed by atoms with Gasteiger partial charge in [0, 0.05) is 44.8 Å². The number of ether oxygens (including phenoxy) is 2. The number of aliphatic hydroxyl groups is 1. The van der Waals surface area contributed by atoms with Crippen LogP contribution in [0.4, 0.5) is 5.69 Å². The van der Waals surface area contributed by atoms with Crippen LogP contribution in [0.2, 0.25) is 0 Å². The molecule has 2 amide bonds. The third kappa shape index (κ3) is 11.0. The number of carbonyl (C=O) groups is 2. The maximum atomic E-state index is 14.3. The molecule has 4 atom stereocenters. The molecular formula is C32H50N4O7S2. The van der Waals surface area contributed by atoms with Crippen molar-refractivity contribution in [2.24, 2.45) is 5.92 Å². The molecule has 2 heterocycles. The highest BCUT2D eigenvalue weighted by molar-refractivity contribution is 7.94. The molecule has 0 fully saturated rings. The van der Waals surface area contributed by atoms with Crippen molar-refractivity contribution in [3.63, 3.8) is 0 Å². The van der Waals surface area contributed by atoms with E-state index in [4.69, 9.17) is 9.47 Å². The number of carbonyl (C=O) groups excluding carboxylic acids is 2. The summed E-state index contributed by atoms with van der Waals surface area (Å²) in [4.78, 5) is 32.5. The molecule has 0 aliphatic carbocycles. The summed E-state index contributed by atoms with van der Waals surface area (Å²) in [6, 6.07) is 7.34. The summed E-state index contributed by atoms with van der Waals surface area (Å²) in [5.41, 5.74) is 0.427. The van der Waals surface area contributed by atoms with Crippen LogP contribution in [0.3, 0.4) is 0 Å². The lowest BCUT2D eigenvalue weighted by Crippen LogP contribution is -2.48. The van der Waals surface area contributed by atoms with Gasteiger partial charge in [0.05, 0.1) is 30.4 Å². The normalized spacial score (nSPS) is 21.0. The van der Waals surface area contributed by atoms with Crippen LogP contribution in [0.15, 0.2) is 39.9 Å². The summed E-state index contributed by atoms with van der Waals surface area (Å²) >= 11 is 1.10. The van der Waals surface area contributed by atoms with E-state index >= 15 is 0 Å². The van der Waals surface area contributed by atoms with E-state index < -0.39 is 22.0 Å². The number of aliphatic hydroxyl groups excluding tert-OH is 1. The fourth-order valence-corrected chi connectivity index (χ4v) is 7.22. The minimum atomic E-state index is -3.84. The number of sulfonamides is 1. The van der Waals surface area contributed by atoms with Gasteiger partial charge in [-0.3, -0.25) is 14.3 Å². The van der Waals surface area contributed by atoms with Crippen molar-refractivity contribution in [3.05, 3.63) is 41.3 Å². The number of anilines is 1. The zero-order valence-corrected chi connectivity index (χ0v) is 29.0. The molecule has 45 heavy (non-hydrogen) atoms. The van der Waals surface area contributed by atoms with Crippen molar-refractivity contribution in [2.75, 3.05) is 58.7 Å². The Balaban J connectivity index is 1.92. The quantitative estimate of drug-likeness (QED) is 0.366. The van der Waals surface area contributed by atoms with Crippen LogP contribution in [0, 0.1) is 5.92 Å². The first kappa shape index (κ1) is 36.8. The molecule has 1 aromatic heterocycles. The second-order valence-corrected chi connectivity index (χ2v) is 15.1. The Morgan fingerprint density at radius 2 is 1.96 bits per heavy atom. The first-order chi connectivity index (χ1) is 21.3. The van der Waals surface area contributed by atoms with Gasteiger partial charge in [-0.25, -0.2) is 8.42 Å². The predicted molar refractivity (Wildman–Crippen MR) is 177 cm³/mol. The second kappa shape index (κ2) is 17.3. The highest BCUT2D eigenvalue weighted by Crippen LogP contribution is 2.30. The maximum absolute atomic E-state index is 14.3. The third-order valence-electron chi connectivity index (χ3n) is 7.94. The van der Waals surface area contributed by atoms with Crippen LogP contribution in [0.25, 0.3) is 0 Å². The topological polar surface area (TPSA) is 129 Å². The minimum Gasteiger partial charge on any atom is -0.490 e. The molecule has 0 spiro atoms. The Bertz CT molecular complexity index is 1340. The van der Waals surface area contributed by atoms with E-state index in [9.17, 15) is 23.1 Å². The summed E-state index contributed by atoms with van der Waals surface area (Å²) in [7, 11) is 1.90. The molecule has 0 saturated heterocycles. The summed E-state index contributed by atoms with van der Waals surface area (Å²) in [6.45, 7) is 7.37. The summed E-state index contributed by atoms with van der Waals surface area (Å²) < 4.78 is 41.2. The number of thiophene rings is 1. The molecule has 0 saturated carbocycles. The van der Waals surface area contributed by atoms with Gasteiger partial charge < -0.3 is 29.3 Å². The summed E-state index contributed by atoms with van der Waals surface area (Å²) in [5.74, 6) is -0.193. The van der Waals surface area contributed by atoms with Crippen LogP contribution < -0.4 is 9.46 Å². The van der Waals surface area contributed by atoms with Crippen molar-refractivity contribution in [1.82, 2.24) is 14.7 Å². The third-order valence-corrected chi connectivity index (χ3v) is 10.7. The van der Waals surface area contributed by atoms with Gasteiger partial charge in [-0.15, -0.1) is 11.3 Å². The van der Waals surface area contributed by atoms with Crippen LogP contribution in [-0.4, -0.2) is 112 Å². The average molecular weight is 667 g/mol. The Labute approximate surface area is 272 Å². The fourth-order valence-electron chi connectivity index (χ4n) is 5.18. The van der Waals surface area contributed by atoms with Gasteiger partial charge in [0.25, 0.3) is 15.9 Å². The monoisotopic (exact) mass is 666 g/mol. The fraction of sp³-hybridized carbons (Fsp3) is 0.625. The van der Waals surface area contributed by atoms with Gasteiger partial charge in [0.2, 0.25) is 5.91 Å². The van der Waals surface area contributed by atoms with Crippen molar-refractivity contribution in [1.29, 1.82) is 0 Å². The van der Waals surface area contributed by atoms with Gasteiger partial charge in [-0.1, -0.05) is 13.0 Å². The smallest absolute Gasteiger partial charge is 0.271 e. The van der Waals surface area contributed by atoms with E-state index in [1.165, 1.54) is 12.1 Å². The molecule has 1 aromatic carbocycles. The first-order valence-corrected chi connectivity index (χ1v) is 18.0. The number of nitrogens with one attached hydrogen (secondary N) is 1. The van der Waals surface area contributed by atoms with Crippen LogP contribution >= 0.6 is 11.3 Å². The lowest BCUT2D eigenvalue weighted by atomic mass is 10.0. The molecule has 11 nitrogen and oxygen atoms in total. The molecule has 13 heteroatoms. The van der Waals surface area contributed by atoms with Crippen LogP contribution in [0.1, 0.15) is 63.2 Å². The minimum absolute atomic E-state index is 0.0427. The SMILES string of the molecule is C[C@@H]1CCCCO[C@H](CN(C)C(=O)CCCN(C)C)[C@@H](C)CN([C@H](C)CO)C(=O)c2cc(NS(=O)(=O)c3cccs3)ccc2O1. The van der Waals surface area contributed by atoms with Crippen molar-refractivity contribution < 1.29 is 32.6 Å². The largest absolute Gasteiger partial charge is 0.490 e. The molecule has 2 aromatic rings. The number of amides is 2. The van der Waals surface area contributed by atoms with Gasteiger partial charge in [0.1, 0.15) is 9.96 Å². The van der Waals surface area contributed by atoms with Crippen LogP contribution in [0.5, 0.6) is 5.75 Å². The van der Waals surface area contributed by atoms with Crippen molar-refractivity contribution in [2.45, 2.75) is 75.3 Å².